The van der Waals surface area contributed by atoms with Gasteiger partial charge in [0.05, 0.1) is 7.11 Å². The molecule has 0 aromatic carbocycles. The van der Waals surface area contributed by atoms with E-state index in [4.69, 9.17) is 5.73 Å². The van der Waals surface area contributed by atoms with Crippen molar-refractivity contribution in [1.29, 1.82) is 0 Å². The van der Waals surface area contributed by atoms with Crippen molar-refractivity contribution < 1.29 is 9.53 Å². The van der Waals surface area contributed by atoms with Gasteiger partial charge < -0.3 is 10.5 Å². The van der Waals surface area contributed by atoms with Crippen molar-refractivity contribution in [2.45, 2.75) is 13.3 Å². The second-order valence-electron chi connectivity index (χ2n) is 1.81. The van der Waals surface area contributed by atoms with Gasteiger partial charge in [0.15, 0.2) is 0 Å². The van der Waals surface area contributed by atoms with Crippen molar-refractivity contribution in [3.8, 4) is 0 Å². The lowest BCUT2D eigenvalue weighted by Crippen LogP contribution is -2.06. The Morgan fingerprint density at radius 3 is 2.60 bits per heavy atom. The summed E-state index contributed by atoms with van der Waals surface area (Å²) in [6, 6.07) is 0. The van der Waals surface area contributed by atoms with Gasteiger partial charge in [0, 0.05) is 12.1 Å². The molecule has 0 saturated heterocycles. The zero-order valence-corrected chi connectivity index (χ0v) is 6.39. The van der Waals surface area contributed by atoms with E-state index in [9.17, 15) is 4.79 Å². The number of methoxy groups -OCH3 is 1. The smallest absolute Gasteiger partial charge is 0.333 e. The number of esters is 1. The largest absolute Gasteiger partial charge is 0.466 e. The third-order valence-corrected chi connectivity index (χ3v) is 1.19. The van der Waals surface area contributed by atoms with Gasteiger partial charge >= 0.3 is 5.97 Å². The van der Waals surface area contributed by atoms with Crippen LogP contribution in [0.1, 0.15) is 13.3 Å². The number of carbonyl (C=O) groups is 1. The Morgan fingerprint density at radius 1 is 1.70 bits per heavy atom. The molecule has 0 aromatic rings. The van der Waals surface area contributed by atoms with Crippen molar-refractivity contribution >= 4 is 5.97 Å². The summed E-state index contributed by atoms with van der Waals surface area (Å²) < 4.78 is 4.49. The van der Waals surface area contributed by atoms with E-state index in [1.54, 1.807) is 6.08 Å². The van der Waals surface area contributed by atoms with E-state index in [1.807, 2.05) is 6.92 Å². The first-order valence-electron chi connectivity index (χ1n) is 3.23. The maximum absolute atomic E-state index is 10.8. The van der Waals surface area contributed by atoms with Gasteiger partial charge in [-0.15, -0.1) is 0 Å². The van der Waals surface area contributed by atoms with E-state index in [-0.39, 0.29) is 5.97 Å². The van der Waals surface area contributed by atoms with Gasteiger partial charge in [0.25, 0.3) is 0 Å². The van der Waals surface area contributed by atoms with Gasteiger partial charge in [-0.05, 0) is 6.42 Å². The third-order valence-electron chi connectivity index (χ3n) is 1.19. The lowest BCUT2D eigenvalue weighted by Gasteiger charge is -1.99. The number of rotatable bonds is 3. The fraction of sp³-hybridized carbons (Fsp3) is 0.571. The number of hydrogen-bond donors (Lipinski definition) is 1. The quantitative estimate of drug-likeness (QED) is 0.461. The summed E-state index contributed by atoms with van der Waals surface area (Å²) in [5.74, 6) is -0.284. The molecule has 0 rings (SSSR count). The highest BCUT2D eigenvalue weighted by molar-refractivity contribution is 5.88. The lowest BCUT2D eigenvalue weighted by atomic mass is 10.2. The first-order chi connectivity index (χ1) is 4.76. The molecule has 0 radical (unpaired) electrons. The van der Waals surface area contributed by atoms with E-state index in [0.29, 0.717) is 18.5 Å². The summed E-state index contributed by atoms with van der Waals surface area (Å²) in [7, 11) is 1.36. The number of carbonyl (C=O) groups excluding carboxylic acids is 1. The Kier molecular flexibility index (Phi) is 4.58. The SMILES string of the molecule is CCC(=CCN)C(=O)OC. The molecule has 0 aromatic heterocycles. The Labute approximate surface area is 60.9 Å². The zero-order chi connectivity index (χ0) is 7.98. The third kappa shape index (κ3) is 2.64. The van der Waals surface area contributed by atoms with Crippen molar-refractivity contribution in [2.24, 2.45) is 5.73 Å². The summed E-state index contributed by atoms with van der Waals surface area (Å²) in [6.45, 7) is 2.27. The molecule has 0 spiro atoms. The van der Waals surface area contributed by atoms with Crippen molar-refractivity contribution in [1.82, 2.24) is 0 Å². The molecular formula is C7H13NO2. The summed E-state index contributed by atoms with van der Waals surface area (Å²) >= 11 is 0. The van der Waals surface area contributed by atoms with Crippen LogP contribution >= 0.6 is 0 Å². The minimum atomic E-state index is -0.284. The highest BCUT2D eigenvalue weighted by Crippen LogP contribution is 2.00. The first kappa shape index (κ1) is 9.17. The minimum absolute atomic E-state index is 0.284. The molecule has 3 heteroatoms. The van der Waals surface area contributed by atoms with Crippen molar-refractivity contribution in [3.05, 3.63) is 11.6 Å². The molecule has 0 heterocycles. The molecule has 0 fully saturated rings. The van der Waals surface area contributed by atoms with Gasteiger partial charge in [-0.3, -0.25) is 0 Å². The van der Waals surface area contributed by atoms with E-state index in [0.717, 1.165) is 0 Å². The van der Waals surface area contributed by atoms with Gasteiger partial charge in [-0.1, -0.05) is 13.0 Å². The van der Waals surface area contributed by atoms with Gasteiger partial charge in [0.2, 0.25) is 0 Å². The van der Waals surface area contributed by atoms with Crippen molar-refractivity contribution in [3.63, 3.8) is 0 Å². The van der Waals surface area contributed by atoms with Gasteiger partial charge in [-0.2, -0.15) is 0 Å². The standard InChI is InChI=1S/C7H13NO2/c1-3-6(4-5-8)7(9)10-2/h4H,3,5,8H2,1-2H3. The molecule has 10 heavy (non-hydrogen) atoms. The fourth-order valence-corrected chi connectivity index (χ4v) is 0.645. The lowest BCUT2D eigenvalue weighted by molar-refractivity contribution is -0.136. The summed E-state index contributed by atoms with van der Waals surface area (Å²) in [5, 5.41) is 0. The molecule has 0 amide bonds. The molecule has 0 aliphatic heterocycles. The Morgan fingerprint density at radius 2 is 2.30 bits per heavy atom. The summed E-state index contributed by atoms with van der Waals surface area (Å²) in [4.78, 5) is 10.8. The highest BCUT2D eigenvalue weighted by atomic mass is 16.5. The predicted octanol–water partition coefficient (Wildman–Crippen LogP) is 0.455. The van der Waals surface area contributed by atoms with Crippen LogP contribution in [0.5, 0.6) is 0 Å². The molecule has 0 bridgehead atoms. The number of ether oxygens (including phenoxy) is 1. The molecule has 58 valence electrons. The van der Waals surface area contributed by atoms with Crippen LogP contribution in [0.15, 0.2) is 11.6 Å². The van der Waals surface area contributed by atoms with Crippen LogP contribution in [0.25, 0.3) is 0 Å². The van der Waals surface area contributed by atoms with E-state index in [2.05, 4.69) is 4.74 Å². The molecule has 3 nitrogen and oxygen atoms in total. The highest BCUT2D eigenvalue weighted by Gasteiger charge is 2.04. The van der Waals surface area contributed by atoms with Crippen LogP contribution in [-0.2, 0) is 9.53 Å². The van der Waals surface area contributed by atoms with Crippen LogP contribution in [-0.4, -0.2) is 19.6 Å². The van der Waals surface area contributed by atoms with Gasteiger partial charge in [0.1, 0.15) is 0 Å². The molecule has 0 atom stereocenters. The number of nitrogens with two attached hydrogens (primary N) is 1. The fourth-order valence-electron chi connectivity index (χ4n) is 0.645. The van der Waals surface area contributed by atoms with Crippen LogP contribution in [0, 0.1) is 0 Å². The van der Waals surface area contributed by atoms with Crippen LogP contribution in [0.3, 0.4) is 0 Å². The summed E-state index contributed by atoms with van der Waals surface area (Å²) in [6.07, 6.45) is 2.34. The minimum Gasteiger partial charge on any atom is -0.466 e. The summed E-state index contributed by atoms with van der Waals surface area (Å²) in [5.41, 5.74) is 5.86. The second-order valence-corrected chi connectivity index (χ2v) is 1.81. The maximum atomic E-state index is 10.8. The average Bonchev–Trinajstić information content (AvgIpc) is 1.99. The van der Waals surface area contributed by atoms with E-state index in [1.165, 1.54) is 7.11 Å². The van der Waals surface area contributed by atoms with Crippen molar-refractivity contribution in [2.75, 3.05) is 13.7 Å². The van der Waals surface area contributed by atoms with Crippen LogP contribution < -0.4 is 5.73 Å². The molecule has 0 aliphatic carbocycles. The molecule has 2 N–H and O–H groups in total. The maximum Gasteiger partial charge on any atom is 0.333 e. The molecule has 0 unspecified atom stereocenters. The predicted molar refractivity (Wildman–Crippen MR) is 39.4 cm³/mol. The van der Waals surface area contributed by atoms with Gasteiger partial charge in [-0.25, -0.2) is 4.79 Å². The second kappa shape index (κ2) is 4.99. The zero-order valence-electron chi connectivity index (χ0n) is 6.39. The van der Waals surface area contributed by atoms with Crippen LogP contribution in [0.2, 0.25) is 0 Å². The normalized spacial score (nSPS) is 11.3. The Balaban J connectivity index is 4.06. The molecule has 0 saturated carbocycles. The number of hydrogen-bond acceptors (Lipinski definition) is 3. The monoisotopic (exact) mass is 143 g/mol. The first-order valence-corrected chi connectivity index (χ1v) is 3.23. The molecular weight excluding hydrogens is 130 g/mol. The topological polar surface area (TPSA) is 52.3 Å². The Hall–Kier alpha value is -0.830. The van der Waals surface area contributed by atoms with E-state index >= 15 is 0 Å². The molecule has 0 aliphatic rings. The van der Waals surface area contributed by atoms with E-state index < -0.39 is 0 Å². The van der Waals surface area contributed by atoms with Crippen LogP contribution in [0.4, 0.5) is 0 Å². The average molecular weight is 143 g/mol. The Bertz CT molecular complexity index is 141.